The molecule has 1 saturated carbocycles. The average molecular weight is 306 g/mol. The van der Waals surface area contributed by atoms with Crippen LogP contribution in [0.25, 0.3) is 0 Å². The molecule has 21 heavy (non-hydrogen) atoms. The molecule has 114 valence electrons. The van der Waals surface area contributed by atoms with Crippen LogP contribution < -0.4 is 10.6 Å². The number of hydrogen-bond acceptors (Lipinski definition) is 2. The summed E-state index contributed by atoms with van der Waals surface area (Å²) in [5, 5.41) is 14.5. The van der Waals surface area contributed by atoms with E-state index in [-0.39, 0.29) is 0 Å². The van der Waals surface area contributed by atoms with Gasteiger partial charge in [-0.1, -0.05) is 30.5 Å². The quantitative estimate of drug-likeness (QED) is 0.529. The molecule has 0 aromatic heterocycles. The first-order valence-corrected chi connectivity index (χ1v) is 7.92. The highest BCUT2D eigenvalue weighted by atomic mass is 35.5. The van der Waals surface area contributed by atoms with Crippen molar-refractivity contribution in [3.8, 4) is 0 Å². The van der Waals surface area contributed by atoms with Crippen molar-refractivity contribution < 1.29 is 0 Å². The van der Waals surface area contributed by atoms with Crippen LogP contribution in [-0.2, 0) is 13.0 Å². The minimum atomic E-state index is 0.403. The molecule has 3 nitrogen and oxygen atoms in total. The Morgan fingerprint density at radius 1 is 1.38 bits per heavy atom. The standard InChI is InChI=1S/C17H24ClN3/c1-12(9-17(19)20-2)21-11-15-10-16(18)8-7-14(15)6-5-13-3-4-13/h7-10,13,21H,3-6,11H2,1-2H3,(H2,19,20)/b12-9-. The lowest BCUT2D eigenvalue weighted by Crippen LogP contribution is -2.18. The SMILES string of the molecule is CNC(=N)/C=C(/C)NCc1cc(Cl)ccc1CCC1CC1. The predicted molar refractivity (Wildman–Crippen MR) is 89.9 cm³/mol. The van der Waals surface area contributed by atoms with Crippen LogP contribution in [0.15, 0.2) is 30.0 Å². The van der Waals surface area contributed by atoms with Gasteiger partial charge >= 0.3 is 0 Å². The van der Waals surface area contributed by atoms with Gasteiger partial charge in [0.1, 0.15) is 5.84 Å². The van der Waals surface area contributed by atoms with E-state index in [4.69, 9.17) is 17.0 Å². The van der Waals surface area contributed by atoms with Gasteiger partial charge in [-0.3, -0.25) is 5.41 Å². The van der Waals surface area contributed by atoms with Crippen molar-refractivity contribution in [2.75, 3.05) is 7.05 Å². The Kier molecular flexibility index (Phi) is 5.68. The lowest BCUT2D eigenvalue weighted by molar-refractivity contribution is 0.713. The number of allylic oxidation sites excluding steroid dienone is 1. The normalized spacial score (nSPS) is 14.9. The van der Waals surface area contributed by atoms with Gasteiger partial charge in [-0.05, 0) is 55.0 Å². The molecule has 2 rings (SSSR count). The largest absolute Gasteiger partial charge is 0.384 e. The van der Waals surface area contributed by atoms with E-state index >= 15 is 0 Å². The minimum absolute atomic E-state index is 0.403. The number of benzene rings is 1. The van der Waals surface area contributed by atoms with Crippen LogP contribution in [-0.4, -0.2) is 12.9 Å². The van der Waals surface area contributed by atoms with E-state index in [1.165, 1.54) is 30.4 Å². The van der Waals surface area contributed by atoms with E-state index in [0.717, 1.165) is 29.6 Å². The van der Waals surface area contributed by atoms with E-state index in [0.29, 0.717) is 5.84 Å². The fraction of sp³-hybridized carbons (Fsp3) is 0.471. The Hall–Kier alpha value is -1.48. The first kappa shape index (κ1) is 15.9. The predicted octanol–water partition coefficient (Wildman–Crippen LogP) is 3.87. The van der Waals surface area contributed by atoms with Crippen molar-refractivity contribution in [3.05, 3.63) is 46.1 Å². The maximum Gasteiger partial charge on any atom is 0.119 e. The van der Waals surface area contributed by atoms with E-state index < -0.39 is 0 Å². The maximum absolute atomic E-state index is 7.60. The third-order valence-electron chi connectivity index (χ3n) is 3.88. The molecule has 0 heterocycles. The molecule has 1 aliphatic rings. The number of rotatable bonds is 7. The second-order valence-electron chi connectivity index (χ2n) is 5.74. The molecule has 0 spiro atoms. The van der Waals surface area contributed by atoms with Gasteiger partial charge in [0, 0.05) is 24.3 Å². The minimum Gasteiger partial charge on any atom is -0.384 e. The van der Waals surface area contributed by atoms with E-state index in [9.17, 15) is 0 Å². The molecule has 1 fully saturated rings. The summed E-state index contributed by atoms with van der Waals surface area (Å²) < 4.78 is 0. The fourth-order valence-corrected chi connectivity index (χ4v) is 2.54. The lowest BCUT2D eigenvalue weighted by atomic mass is 10.0. The monoisotopic (exact) mass is 305 g/mol. The number of nitrogens with one attached hydrogen (secondary N) is 3. The summed E-state index contributed by atoms with van der Waals surface area (Å²) >= 11 is 6.13. The van der Waals surface area contributed by atoms with Crippen LogP contribution in [0, 0.1) is 11.3 Å². The molecule has 0 saturated heterocycles. The summed E-state index contributed by atoms with van der Waals surface area (Å²) in [7, 11) is 1.75. The summed E-state index contributed by atoms with van der Waals surface area (Å²) in [5.41, 5.74) is 3.62. The van der Waals surface area contributed by atoms with Gasteiger partial charge < -0.3 is 10.6 Å². The number of aryl methyl sites for hydroxylation is 1. The van der Waals surface area contributed by atoms with Gasteiger partial charge in [0.25, 0.3) is 0 Å². The topological polar surface area (TPSA) is 47.9 Å². The highest BCUT2D eigenvalue weighted by Crippen LogP contribution is 2.34. The van der Waals surface area contributed by atoms with Crippen molar-refractivity contribution in [2.45, 2.75) is 39.2 Å². The van der Waals surface area contributed by atoms with Gasteiger partial charge in [-0.2, -0.15) is 0 Å². The molecule has 0 radical (unpaired) electrons. The average Bonchev–Trinajstić information content (AvgIpc) is 3.28. The third-order valence-corrected chi connectivity index (χ3v) is 4.11. The summed E-state index contributed by atoms with van der Waals surface area (Å²) in [6.07, 6.45) is 7.00. The number of amidine groups is 1. The van der Waals surface area contributed by atoms with Crippen molar-refractivity contribution in [3.63, 3.8) is 0 Å². The van der Waals surface area contributed by atoms with Crippen LogP contribution in [0.4, 0.5) is 0 Å². The van der Waals surface area contributed by atoms with Crippen molar-refractivity contribution in [1.82, 2.24) is 10.6 Å². The van der Waals surface area contributed by atoms with Crippen molar-refractivity contribution in [2.24, 2.45) is 5.92 Å². The van der Waals surface area contributed by atoms with Crippen LogP contribution in [0.1, 0.15) is 37.3 Å². The molecular formula is C17H24ClN3. The van der Waals surface area contributed by atoms with Crippen LogP contribution in [0.5, 0.6) is 0 Å². The van der Waals surface area contributed by atoms with Crippen LogP contribution in [0.2, 0.25) is 5.02 Å². The zero-order valence-electron chi connectivity index (χ0n) is 12.8. The summed E-state index contributed by atoms with van der Waals surface area (Å²) in [5.74, 6) is 1.35. The second kappa shape index (κ2) is 7.51. The zero-order valence-corrected chi connectivity index (χ0v) is 13.6. The van der Waals surface area contributed by atoms with Gasteiger partial charge in [-0.15, -0.1) is 0 Å². The number of hydrogen-bond donors (Lipinski definition) is 3. The smallest absolute Gasteiger partial charge is 0.119 e. The van der Waals surface area contributed by atoms with Gasteiger partial charge in [0.2, 0.25) is 0 Å². The second-order valence-corrected chi connectivity index (χ2v) is 6.18. The van der Waals surface area contributed by atoms with Gasteiger partial charge in [-0.25, -0.2) is 0 Å². The molecule has 1 aromatic rings. The van der Waals surface area contributed by atoms with E-state index in [2.05, 4.69) is 16.7 Å². The van der Waals surface area contributed by atoms with Crippen molar-refractivity contribution in [1.29, 1.82) is 5.41 Å². The van der Waals surface area contributed by atoms with Crippen molar-refractivity contribution >= 4 is 17.4 Å². The Morgan fingerprint density at radius 3 is 2.81 bits per heavy atom. The Labute approximate surface area is 132 Å². The first-order valence-electron chi connectivity index (χ1n) is 7.54. The highest BCUT2D eigenvalue weighted by Gasteiger charge is 2.21. The Balaban J connectivity index is 1.98. The zero-order chi connectivity index (χ0) is 15.2. The molecule has 0 atom stereocenters. The Morgan fingerprint density at radius 2 is 2.14 bits per heavy atom. The summed E-state index contributed by atoms with van der Waals surface area (Å²) in [6, 6.07) is 6.18. The molecule has 0 amide bonds. The van der Waals surface area contributed by atoms with Crippen LogP contribution >= 0.6 is 11.6 Å². The first-order chi connectivity index (χ1) is 10.1. The van der Waals surface area contributed by atoms with E-state index in [1.807, 2.05) is 19.1 Å². The molecule has 4 heteroatoms. The summed E-state index contributed by atoms with van der Waals surface area (Å²) in [6.45, 7) is 2.72. The summed E-state index contributed by atoms with van der Waals surface area (Å²) in [4.78, 5) is 0. The Bertz CT molecular complexity index is 533. The molecule has 1 aliphatic carbocycles. The van der Waals surface area contributed by atoms with Crippen LogP contribution in [0.3, 0.4) is 0 Å². The lowest BCUT2D eigenvalue weighted by Gasteiger charge is -2.12. The van der Waals surface area contributed by atoms with E-state index in [1.54, 1.807) is 13.1 Å². The maximum atomic E-state index is 7.60. The molecule has 0 aliphatic heterocycles. The molecular weight excluding hydrogens is 282 g/mol. The number of likely N-dealkylation sites (N-methyl/N-ethyl adjacent to an activating group) is 1. The number of halogens is 1. The highest BCUT2D eigenvalue weighted by molar-refractivity contribution is 6.30. The fourth-order valence-electron chi connectivity index (χ4n) is 2.34. The van der Waals surface area contributed by atoms with Gasteiger partial charge in [0.05, 0.1) is 0 Å². The molecule has 0 unspecified atom stereocenters. The molecule has 1 aromatic carbocycles. The third kappa shape index (κ3) is 5.43. The van der Waals surface area contributed by atoms with Gasteiger partial charge in [0.15, 0.2) is 0 Å². The molecule has 0 bridgehead atoms. The molecule has 3 N–H and O–H groups in total.